The summed E-state index contributed by atoms with van der Waals surface area (Å²) in [6.45, 7) is 0. The molecule has 0 aromatic rings. The third-order valence-electron chi connectivity index (χ3n) is 0. The van der Waals surface area contributed by atoms with E-state index in [2.05, 4.69) is 0 Å². The molecule has 0 radical (unpaired) electrons. The van der Waals surface area contributed by atoms with Gasteiger partial charge in [-0.2, -0.15) is 7.82 Å². The molecule has 0 heterocycles. The Morgan fingerprint density at radius 2 is 1.09 bits per heavy atom. The molecule has 0 saturated carbocycles. The van der Waals surface area contributed by atoms with Crippen LogP contribution in [0.4, 0.5) is 4.79 Å². The molecule has 0 fully saturated rings. The third-order valence-corrected chi connectivity index (χ3v) is 0. The zero-order valence-electron chi connectivity index (χ0n) is 4.96. The summed E-state index contributed by atoms with van der Waals surface area (Å²) in [5.74, 6) is 0. The molecule has 0 aliphatic carbocycles. The van der Waals surface area contributed by atoms with Gasteiger partial charge in [-0.25, -0.2) is 0 Å². The molecule has 0 unspecified atom stereocenters. The van der Waals surface area contributed by atoms with Crippen LogP contribution >= 0.6 is 7.82 Å². The number of carbonyl (C=O) groups excluding carboxylic acids is 1. The molecule has 0 amide bonds. The second kappa shape index (κ2) is 10.6. The maximum atomic E-state index is 8.55. The zero-order chi connectivity index (χ0) is 8.08. The molecule has 0 aromatic carbocycles. The maximum absolute atomic E-state index is 8.55. The molecular weight excluding hydrogens is 211 g/mol. The first kappa shape index (κ1) is 22.6. The Bertz CT molecular complexity index is 114. The molecule has 0 bridgehead atoms. The quantitative estimate of drug-likeness (QED) is 0.281. The van der Waals surface area contributed by atoms with E-state index in [9.17, 15) is 0 Å². The molecular formula is CHCaO8P-4. The van der Waals surface area contributed by atoms with Gasteiger partial charge in [0.15, 0.2) is 0 Å². The zero-order valence-corrected chi connectivity index (χ0v) is 8.06. The van der Waals surface area contributed by atoms with Crippen LogP contribution in [0.1, 0.15) is 0 Å². The molecule has 11 heavy (non-hydrogen) atoms. The van der Waals surface area contributed by atoms with Gasteiger partial charge in [-0.05, 0) is 6.16 Å². The Balaban J connectivity index is -0.0000000383. The number of carboxylic acid groups (broad SMARTS) is 2. The van der Waals surface area contributed by atoms with Crippen LogP contribution in [0.25, 0.3) is 0 Å². The van der Waals surface area contributed by atoms with Crippen molar-refractivity contribution in [2.24, 2.45) is 0 Å². The van der Waals surface area contributed by atoms with Crippen LogP contribution in [-0.2, 0) is 4.57 Å². The van der Waals surface area contributed by atoms with Crippen LogP contribution in [0.3, 0.4) is 0 Å². The van der Waals surface area contributed by atoms with Gasteiger partial charge in [0, 0.05) is 0 Å². The van der Waals surface area contributed by atoms with Gasteiger partial charge >= 0.3 is 37.7 Å². The molecule has 64 valence electrons. The number of hydrogen-bond donors (Lipinski definition) is 0. The predicted molar refractivity (Wildman–Crippen MR) is 20.7 cm³/mol. The topological polar surface area (TPSA) is 179 Å². The number of carbonyl (C=O) groups is 1. The van der Waals surface area contributed by atoms with Gasteiger partial charge in [0.1, 0.15) is 0 Å². The summed E-state index contributed by atoms with van der Waals surface area (Å²) in [7, 11) is -5.39. The number of phosphoric acid groups is 1. The van der Waals surface area contributed by atoms with Crippen molar-refractivity contribution in [1.82, 2.24) is 0 Å². The van der Waals surface area contributed by atoms with Gasteiger partial charge in [-0.1, -0.05) is 0 Å². The summed E-state index contributed by atoms with van der Waals surface area (Å²) in [4.78, 5) is 34.0. The van der Waals surface area contributed by atoms with E-state index in [-0.39, 0.29) is 43.2 Å². The molecule has 0 aliphatic rings. The average molecular weight is 212 g/mol. The Labute approximate surface area is 91.0 Å². The van der Waals surface area contributed by atoms with Gasteiger partial charge in [0.2, 0.25) is 0 Å². The van der Waals surface area contributed by atoms with Crippen molar-refractivity contribution in [1.29, 1.82) is 0 Å². The fraction of sp³-hybridized carbons (Fsp3) is 0. The first-order valence-electron chi connectivity index (χ1n) is 1.34. The minimum Gasteiger partial charge on any atom is -0.870 e. The van der Waals surface area contributed by atoms with Crippen molar-refractivity contribution >= 4 is 51.7 Å². The first-order chi connectivity index (χ1) is 3.73. The van der Waals surface area contributed by atoms with Crippen molar-refractivity contribution < 1.29 is 39.7 Å². The van der Waals surface area contributed by atoms with Crippen LogP contribution in [0.5, 0.6) is 0 Å². The Morgan fingerprint density at radius 1 is 1.09 bits per heavy atom. The van der Waals surface area contributed by atoms with Crippen LogP contribution in [0, 0.1) is 0 Å². The minimum atomic E-state index is -5.39. The number of rotatable bonds is 0. The summed E-state index contributed by atoms with van der Waals surface area (Å²) in [5.41, 5.74) is 0. The van der Waals surface area contributed by atoms with Crippen molar-refractivity contribution in [3.63, 3.8) is 0 Å². The standard InChI is InChI=1S/CH2O3.Ca.H3O4P.H2O/c2-1(3)4;;1-5(2,3)4;/h(H2,2,3,4);;(H3,1,2,3,4);1H2/q;+2;;/p-6. The van der Waals surface area contributed by atoms with Crippen LogP contribution in [-0.4, -0.2) is 49.4 Å². The van der Waals surface area contributed by atoms with Crippen molar-refractivity contribution in [2.45, 2.75) is 0 Å². The molecule has 0 saturated heterocycles. The fourth-order valence-corrected chi connectivity index (χ4v) is 0. The molecule has 0 rings (SSSR count). The van der Waals surface area contributed by atoms with E-state index in [4.69, 9.17) is 34.3 Å². The molecule has 0 atom stereocenters. The monoisotopic (exact) mass is 212 g/mol. The first-order valence-corrected chi connectivity index (χ1v) is 2.80. The second-order valence-electron chi connectivity index (χ2n) is 0.697. The summed E-state index contributed by atoms with van der Waals surface area (Å²) in [6, 6.07) is 0. The molecule has 1 N–H and O–H groups in total. The van der Waals surface area contributed by atoms with Crippen molar-refractivity contribution in [2.75, 3.05) is 0 Å². The minimum absolute atomic E-state index is 0. The van der Waals surface area contributed by atoms with Gasteiger partial charge in [0.25, 0.3) is 0 Å². The van der Waals surface area contributed by atoms with Gasteiger partial charge < -0.3 is 39.7 Å². The van der Waals surface area contributed by atoms with E-state index >= 15 is 0 Å². The van der Waals surface area contributed by atoms with Crippen LogP contribution in [0.15, 0.2) is 0 Å². The average Bonchev–Trinajstić information content (AvgIpc) is 1.19. The third kappa shape index (κ3) is 2180. The summed E-state index contributed by atoms with van der Waals surface area (Å²) < 4.78 is 8.55. The Kier molecular flexibility index (Phi) is 21.7. The molecule has 8 nitrogen and oxygen atoms in total. The SMILES string of the molecule is O=C([O-])[O-].O=P([O-])([O-])[O-].[Ca+2].[OH-]. The Hall–Kier alpha value is 0.600. The van der Waals surface area contributed by atoms with Gasteiger partial charge in [-0.15, -0.1) is 0 Å². The maximum Gasteiger partial charge on any atom is 2.00 e. The normalized spacial score (nSPS) is 7.55. The van der Waals surface area contributed by atoms with E-state index in [1.165, 1.54) is 0 Å². The summed E-state index contributed by atoms with van der Waals surface area (Å²) in [6.07, 6.45) is -2.33. The molecule has 0 aromatic heterocycles. The van der Waals surface area contributed by atoms with Crippen LogP contribution < -0.4 is 24.9 Å². The molecule has 10 heteroatoms. The fourth-order valence-electron chi connectivity index (χ4n) is 0. The smallest absolute Gasteiger partial charge is 0.870 e. The van der Waals surface area contributed by atoms with Gasteiger partial charge in [0.05, 0.1) is 0 Å². The van der Waals surface area contributed by atoms with Crippen molar-refractivity contribution in [3.05, 3.63) is 0 Å². The van der Waals surface area contributed by atoms with E-state index in [1.807, 2.05) is 0 Å². The molecule has 0 aliphatic heterocycles. The van der Waals surface area contributed by atoms with E-state index in [1.54, 1.807) is 0 Å². The van der Waals surface area contributed by atoms with Gasteiger partial charge in [-0.3, -0.25) is 0 Å². The van der Waals surface area contributed by atoms with E-state index in [0.717, 1.165) is 0 Å². The Morgan fingerprint density at radius 3 is 1.09 bits per heavy atom. The van der Waals surface area contributed by atoms with Crippen molar-refractivity contribution in [3.8, 4) is 0 Å². The van der Waals surface area contributed by atoms with E-state index in [0.29, 0.717) is 0 Å². The summed E-state index contributed by atoms with van der Waals surface area (Å²) >= 11 is 0. The number of hydrogen-bond acceptors (Lipinski definition) is 8. The van der Waals surface area contributed by atoms with E-state index < -0.39 is 14.0 Å². The summed E-state index contributed by atoms with van der Waals surface area (Å²) in [5, 5.41) is 16.7. The predicted octanol–water partition coefficient (Wildman–Crippen LogP) is -5.83. The molecule has 0 spiro atoms. The second-order valence-corrected chi connectivity index (χ2v) is 1.59. The van der Waals surface area contributed by atoms with Crippen LogP contribution in [0.2, 0.25) is 0 Å². The largest absolute Gasteiger partial charge is 2.00 e.